The molecular formula is C16H14N2O5. The van der Waals surface area contributed by atoms with Crippen molar-refractivity contribution in [2.75, 3.05) is 18.6 Å². The average molecular weight is 314 g/mol. The van der Waals surface area contributed by atoms with Crippen molar-refractivity contribution in [3.63, 3.8) is 0 Å². The summed E-state index contributed by atoms with van der Waals surface area (Å²) in [5.74, 6) is 0.166. The van der Waals surface area contributed by atoms with Crippen molar-refractivity contribution in [1.29, 1.82) is 0 Å². The second kappa shape index (κ2) is 7.17. The molecule has 0 N–H and O–H groups in total. The number of benzene rings is 2. The standard InChI is InChI=1S/C16H14N2O5/c1-17(13-4-6-14(7-5-13)18(21)22)16(20)11-23-15-8-2-12(10-19)3-9-15/h2-10H,11H2,1H3. The Kier molecular flexibility index (Phi) is 5.03. The molecule has 0 spiro atoms. The summed E-state index contributed by atoms with van der Waals surface area (Å²) < 4.78 is 5.36. The zero-order valence-corrected chi connectivity index (χ0v) is 12.3. The summed E-state index contributed by atoms with van der Waals surface area (Å²) >= 11 is 0. The number of amides is 1. The minimum atomic E-state index is -0.502. The number of non-ortho nitro benzene ring substituents is 1. The number of nitro groups is 1. The molecule has 2 aromatic rings. The number of nitro benzene ring substituents is 1. The van der Waals surface area contributed by atoms with Gasteiger partial charge in [0.25, 0.3) is 11.6 Å². The van der Waals surface area contributed by atoms with Crippen molar-refractivity contribution >= 4 is 23.6 Å². The summed E-state index contributed by atoms with van der Waals surface area (Å²) in [5, 5.41) is 10.6. The van der Waals surface area contributed by atoms with Crippen LogP contribution in [0.5, 0.6) is 5.75 Å². The molecule has 0 aliphatic heterocycles. The number of nitrogens with zero attached hydrogens (tertiary/aromatic N) is 2. The zero-order chi connectivity index (χ0) is 16.8. The van der Waals surface area contributed by atoms with Crippen molar-refractivity contribution in [3.8, 4) is 5.75 Å². The molecule has 7 nitrogen and oxygen atoms in total. The molecule has 0 heterocycles. The number of ether oxygens (including phenoxy) is 1. The van der Waals surface area contributed by atoms with E-state index in [0.717, 1.165) is 6.29 Å². The van der Waals surface area contributed by atoms with E-state index in [1.807, 2.05) is 0 Å². The van der Waals surface area contributed by atoms with E-state index in [4.69, 9.17) is 4.74 Å². The number of aldehydes is 1. The highest BCUT2D eigenvalue weighted by atomic mass is 16.6. The molecule has 0 fully saturated rings. The normalized spacial score (nSPS) is 9.96. The lowest BCUT2D eigenvalue weighted by Crippen LogP contribution is -2.31. The van der Waals surface area contributed by atoms with Crippen LogP contribution >= 0.6 is 0 Å². The van der Waals surface area contributed by atoms with Crippen molar-refractivity contribution < 1.29 is 19.2 Å². The SMILES string of the molecule is CN(C(=O)COc1ccc(C=O)cc1)c1ccc([N+](=O)[O-])cc1. The summed E-state index contributed by atoms with van der Waals surface area (Å²) in [7, 11) is 1.56. The van der Waals surface area contributed by atoms with Gasteiger partial charge in [0.2, 0.25) is 0 Å². The molecule has 1 amide bonds. The van der Waals surface area contributed by atoms with E-state index in [0.29, 0.717) is 17.0 Å². The van der Waals surface area contributed by atoms with Crippen LogP contribution in [0.4, 0.5) is 11.4 Å². The predicted molar refractivity (Wildman–Crippen MR) is 83.8 cm³/mol. The van der Waals surface area contributed by atoms with Gasteiger partial charge < -0.3 is 9.64 Å². The van der Waals surface area contributed by atoms with Gasteiger partial charge in [-0.25, -0.2) is 0 Å². The molecule has 0 saturated carbocycles. The van der Waals surface area contributed by atoms with Crippen molar-refractivity contribution in [3.05, 3.63) is 64.2 Å². The lowest BCUT2D eigenvalue weighted by molar-refractivity contribution is -0.384. The largest absolute Gasteiger partial charge is 0.484 e. The maximum Gasteiger partial charge on any atom is 0.269 e. The zero-order valence-electron chi connectivity index (χ0n) is 12.3. The Labute approximate surface area is 132 Å². The summed E-state index contributed by atoms with van der Waals surface area (Å²) in [6.45, 7) is -0.187. The fraction of sp³-hybridized carbons (Fsp3) is 0.125. The number of hydrogen-bond donors (Lipinski definition) is 0. The van der Waals surface area contributed by atoms with Crippen LogP contribution in [0.15, 0.2) is 48.5 Å². The Morgan fingerprint density at radius 2 is 1.78 bits per heavy atom. The third-order valence-corrected chi connectivity index (χ3v) is 3.20. The van der Waals surface area contributed by atoms with E-state index in [1.165, 1.54) is 29.2 Å². The fourth-order valence-electron chi connectivity index (χ4n) is 1.83. The highest BCUT2D eigenvalue weighted by Gasteiger charge is 2.13. The number of likely N-dealkylation sites (N-methyl/N-ethyl adjacent to an activating group) is 1. The molecule has 118 valence electrons. The number of carbonyl (C=O) groups excluding carboxylic acids is 2. The fourth-order valence-corrected chi connectivity index (χ4v) is 1.83. The van der Waals surface area contributed by atoms with E-state index in [9.17, 15) is 19.7 Å². The van der Waals surface area contributed by atoms with Gasteiger partial charge in [-0.3, -0.25) is 19.7 Å². The maximum atomic E-state index is 12.1. The van der Waals surface area contributed by atoms with Gasteiger partial charge >= 0.3 is 0 Å². The first kappa shape index (κ1) is 16.2. The second-order valence-corrected chi connectivity index (χ2v) is 4.70. The van der Waals surface area contributed by atoms with Gasteiger partial charge in [0.15, 0.2) is 6.61 Å². The first-order chi connectivity index (χ1) is 11.0. The topological polar surface area (TPSA) is 89.8 Å². The Balaban J connectivity index is 1.96. The van der Waals surface area contributed by atoms with Crippen LogP contribution in [0.1, 0.15) is 10.4 Å². The van der Waals surface area contributed by atoms with Crippen molar-refractivity contribution in [1.82, 2.24) is 0 Å². The second-order valence-electron chi connectivity index (χ2n) is 4.70. The van der Waals surface area contributed by atoms with Gasteiger partial charge in [-0.2, -0.15) is 0 Å². The van der Waals surface area contributed by atoms with Crippen LogP contribution in [0, 0.1) is 10.1 Å². The molecule has 7 heteroatoms. The van der Waals surface area contributed by atoms with Gasteiger partial charge in [-0.1, -0.05) is 0 Å². The van der Waals surface area contributed by atoms with E-state index in [2.05, 4.69) is 0 Å². The van der Waals surface area contributed by atoms with Crippen LogP contribution in [0.3, 0.4) is 0 Å². The van der Waals surface area contributed by atoms with Crippen molar-refractivity contribution in [2.45, 2.75) is 0 Å². The van der Waals surface area contributed by atoms with Crippen LogP contribution in [0.2, 0.25) is 0 Å². The number of anilines is 1. The monoisotopic (exact) mass is 314 g/mol. The highest BCUT2D eigenvalue weighted by molar-refractivity contribution is 5.94. The summed E-state index contributed by atoms with van der Waals surface area (Å²) in [6, 6.07) is 12.0. The third-order valence-electron chi connectivity index (χ3n) is 3.20. The summed E-state index contributed by atoms with van der Waals surface area (Å²) in [5.41, 5.74) is 1.01. The molecule has 2 rings (SSSR count). The molecule has 23 heavy (non-hydrogen) atoms. The van der Waals surface area contributed by atoms with E-state index < -0.39 is 4.92 Å². The molecular weight excluding hydrogens is 300 g/mol. The quantitative estimate of drug-likeness (QED) is 0.464. The van der Waals surface area contributed by atoms with Crippen molar-refractivity contribution in [2.24, 2.45) is 0 Å². The van der Waals surface area contributed by atoms with E-state index >= 15 is 0 Å². The minimum absolute atomic E-state index is 0.0406. The van der Waals surface area contributed by atoms with Gasteiger partial charge in [-0.05, 0) is 36.4 Å². The molecule has 0 aliphatic carbocycles. The molecule has 0 bridgehead atoms. The van der Waals surface area contributed by atoms with Crippen LogP contribution in [-0.2, 0) is 4.79 Å². The minimum Gasteiger partial charge on any atom is -0.484 e. The lowest BCUT2D eigenvalue weighted by atomic mass is 10.2. The number of carbonyl (C=O) groups is 2. The predicted octanol–water partition coefficient (Wildman–Crippen LogP) is 2.45. The number of hydrogen-bond acceptors (Lipinski definition) is 5. The number of rotatable bonds is 6. The molecule has 0 aliphatic rings. The molecule has 0 unspecified atom stereocenters. The van der Waals surface area contributed by atoms with Gasteiger partial charge in [0.1, 0.15) is 12.0 Å². The van der Waals surface area contributed by atoms with Gasteiger partial charge in [-0.15, -0.1) is 0 Å². The average Bonchev–Trinajstić information content (AvgIpc) is 2.59. The van der Waals surface area contributed by atoms with Gasteiger partial charge in [0, 0.05) is 30.4 Å². The van der Waals surface area contributed by atoms with Crippen LogP contribution in [-0.4, -0.2) is 30.8 Å². The summed E-state index contributed by atoms with van der Waals surface area (Å²) in [4.78, 5) is 34.1. The Morgan fingerprint density at radius 1 is 1.17 bits per heavy atom. The van der Waals surface area contributed by atoms with Crippen LogP contribution in [0.25, 0.3) is 0 Å². The molecule has 2 aromatic carbocycles. The molecule has 0 aromatic heterocycles. The Hall–Kier alpha value is -3.22. The van der Waals surface area contributed by atoms with E-state index in [-0.39, 0.29) is 18.2 Å². The molecule has 0 saturated heterocycles. The lowest BCUT2D eigenvalue weighted by Gasteiger charge is -2.17. The maximum absolute atomic E-state index is 12.1. The van der Waals surface area contributed by atoms with Gasteiger partial charge in [0.05, 0.1) is 4.92 Å². The van der Waals surface area contributed by atoms with Crippen LogP contribution < -0.4 is 9.64 Å². The first-order valence-electron chi connectivity index (χ1n) is 6.70. The Morgan fingerprint density at radius 3 is 2.30 bits per heavy atom. The molecule has 0 radical (unpaired) electrons. The third kappa shape index (κ3) is 4.13. The smallest absolute Gasteiger partial charge is 0.269 e. The van der Waals surface area contributed by atoms with E-state index in [1.54, 1.807) is 31.3 Å². The first-order valence-corrected chi connectivity index (χ1v) is 6.70. The summed E-state index contributed by atoms with van der Waals surface area (Å²) in [6.07, 6.45) is 0.720. The molecule has 0 atom stereocenters. The highest BCUT2D eigenvalue weighted by Crippen LogP contribution is 2.19. The Bertz CT molecular complexity index is 710.